The zero-order valence-electron chi connectivity index (χ0n) is 15.0. The number of hydrogen-bond donors (Lipinski definition) is 2. The minimum absolute atomic E-state index is 0. The number of nitrogens with zero attached hydrogens (tertiary/aromatic N) is 2. The van der Waals surface area contributed by atoms with Gasteiger partial charge in [0.2, 0.25) is 0 Å². The van der Waals surface area contributed by atoms with Crippen molar-refractivity contribution in [2.45, 2.75) is 40.0 Å². The Morgan fingerprint density at radius 2 is 2.07 bits per heavy atom. The van der Waals surface area contributed by atoms with Crippen LogP contribution >= 0.6 is 35.3 Å². The van der Waals surface area contributed by atoms with Crippen molar-refractivity contribution in [1.29, 1.82) is 0 Å². The quantitative estimate of drug-likeness (QED) is 0.313. The van der Waals surface area contributed by atoms with Crippen molar-refractivity contribution in [1.82, 2.24) is 15.6 Å². The van der Waals surface area contributed by atoms with E-state index in [2.05, 4.69) is 32.3 Å². The third kappa shape index (κ3) is 7.53. The molecule has 2 rings (SSSR count). The minimum Gasteiger partial charge on any atom is -0.434 e. The lowest BCUT2D eigenvalue weighted by Crippen LogP contribution is -2.36. The average molecular weight is 514 g/mol. The molecule has 5 nitrogen and oxygen atoms in total. The molecule has 0 amide bonds. The van der Waals surface area contributed by atoms with Crippen LogP contribution in [0.4, 0.5) is 13.2 Å². The van der Waals surface area contributed by atoms with Crippen LogP contribution in [0.15, 0.2) is 29.4 Å². The number of thiazole rings is 1. The molecule has 2 aromatic rings. The normalized spacial score (nSPS) is 11.3. The molecule has 0 bridgehead atoms. The molecule has 27 heavy (non-hydrogen) atoms. The predicted octanol–water partition coefficient (Wildman–Crippen LogP) is 4.32. The third-order valence-corrected chi connectivity index (χ3v) is 4.53. The van der Waals surface area contributed by atoms with E-state index in [9.17, 15) is 13.2 Å². The number of hydrogen-bond acceptors (Lipinski definition) is 4. The maximum Gasteiger partial charge on any atom is 0.387 e. The SMILES string of the molecule is CCNC(=NCc1c(F)cccc1OC(F)F)NCc1ncc(CC)s1.I. The van der Waals surface area contributed by atoms with Crippen LogP contribution < -0.4 is 15.4 Å². The van der Waals surface area contributed by atoms with E-state index in [-0.39, 0.29) is 41.8 Å². The molecule has 0 aliphatic rings. The average Bonchev–Trinajstić information content (AvgIpc) is 3.06. The second-order valence-corrected chi connectivity index (χ2v) is 6.42. The Bertz CT molecular complexity index is 743. The fourth-order valence-corrected chi connectivity index (χ4v) is 2.95. The van der Waals surface area contributed by atoms with Gasteiger partial charge in [-0.15, -0.1) is 35.3 Å². The van der Waals surface area contributed by atoms with Crippen LogP contribution in [0.25, 0.3) is 0 Å². The van der Waals surface area contributed by atoms with Gasteiger partial charge in [0.25, 0.3) is 0 Å². The van der Waals surface area contributed by atoms with Gasteiger partial charge in [-0.25, -0.2) is 14.4 Å². The summed E-state index contributed by atoms with van der Waals surface area (Å²) in [6.07, 6.45) is 2.76. The number of ether oxygens (including phenoxy) is 1. The van der Waals surface area contributed by atoms with Crippen molar-refractivity contribution < 1.29 is 17.9 Å². The number of halogens is 4. The monoisotopic (exact) mass is 514 g/mol. The van der Waals surface area contributed by atoms with Gasteiger partial charge in [-0.2, -0.15) is 8.78 Å². The first-order chi connectivity index (χ1) is 12.5. The summed E-state index contributed by atoms with van der Waals surface area (Å²) in [5, 5.41) is 7.03. The number of nitrogens with one attached hydrogen (secondary N) is 2. The largest absolute Gasteiger partial charge is 0.434 e. The highest BCUT2D eigenvalue weighted by Gasteiger charge is 2.13. The highest BCUT2D eigenvalue weighted by molar-refractivity contribution is 14.0. The first kappa shape index (κ1) is 23.5. The van der Waals surface area contributed by atoms with Crippen LogP contribution in [0.1, 0.15) is 29.3 Å². The summed E-state index contributed by atoms with van der Waals surface area (Å²) in [7, 11) is 0. The molecule has 0 unspecified atom stereocenters. The van der Waals surface area contributed by atoms with Crippen LogP contribution in [0.3, 0.4) is 0 Å². The molecule has 0 aliphatic heterocycles. The predicted molar refractivity (Wildman–Crippen MR) is 112 cm³/mol. The molecule has 1 heterocycles. The van der Waals surface area contributed by atoms with Crippen LogP contribution in [-0.4, -0.2) is 24.1 Å². The number of rotatable bonds is 8. The Morgan fingerprint density at radius 1 is 1.30 bits per heavy atom. The molecule has 10 heteroatoms. The Kier molecular flexibility index (Phi) is 10.4. The first-order valence-corrected chi connectivity index (χ1v) is 9.03. The second kappa shape index (κ2) is 12.0. The Hall–Kier alpha value is -1.56. The van der Waals surface area contributed by atoms with E-state index in [1.807, 2.05) is 13.1 Å². The maximum absolute atomic E-state index is 14.0. The molecule has 0 spiro atoms. The lowest BCUT2D eigenvalue weighted by Gasteiger charge is -2.12. The van der Waals surface area contributed by atoms with Crippen molar-refractivity contribution in [3.05, 3.63) is 45.7 Å². The topological polar surface area (TPSA) is 58.5 Å². The fourth-order valence-electron chi connectivity index (χ4n) is 2.15. The van der Waals surface area contributed by atoms with Gasteiger partial charge >= 0.3 is 6.61 Å². The standard InChI is InChI=1S/C17H21F3N4OS.HI/c1-3-11-8-22-15(26-11)10-24-17(21-4-2)23-9-12-13(18)6-5-7-14(12)25-16(19)20;/h5-8,16H,3-4,9-10H2,1-2H3,(H2,21,23,24);1H. The molecule has 2 N–H and O–H groups in total. The number of alkyl halides is 2. The van der Waals surface area contributed by atoms with Crippen molar-refractivity contribution in [3.63, 3.8) is 0 Å². The lowest BCUT2D eigenvalue weighted by atomic mass is 10.2. The molecule has 0 atom stereocenters. The first-order valence-electron chi connectivity index (χ1n) is 8.21. The van der Waals surface area contributed by atoms with Gasteiger partial charge in [-0.05, 0) is 25.5 Å². The molecular formula is C17H22F3IN4OS. The number of aromatic nitrogens is 1. The number of guanidine groups is 1. The second-order valence-electron chi connectivity index (χ2n) is 5.22. The lowest BCUT2D eigenvalue weighted by molar-refractivity contribution is -0.0506. The number of benzene rings is 1. The van der Waals surface area contributed by atoms with E-state index in [1.165, 1.54) is 23.1 Å². The van der Waals surface area contributed by atoms with E-state index >= 15 is 0 Å². The summed E-state index contributed by atoms with van der Waals surface area (Å²) in [6.45, 7) is 1.86. The third-order valence-electron chi connectivity index (χ3n) is 3.39. The van der Waals surface area contributed by atoms with Gasteiger partial charge in [0, 0.05) is 17.6 Å². The van der Waals surface area contributed by atoms with Crippen molar-refractivity contribution in [2.75, 3.05) is 6.54 Å². The molecule has 0 radical (unpaired) electrons. The molecule has 1 aromatic carbocycles. The highest BCUT2D eigenvalue weighted by atomic mass is 127. The molecule has 150 valence electrons. The molecule has 0 aliphatic carbocycles. The Labute approximate surface area is 177 Å². The smallest absolute Gasteiger partial charge is 0.387 e. The van der Waals surface area contributed by atoms with E-state index in [1.54, 1.807) is 11.3 Å². The highest BCUT2D eigenvalue weighted by Crippen LogP contribution is 2.24. The van der Waals surface area contributed by atoms with Gasteiger partial charge in [-0.1, -0.05) is 13.0 Å². The summed E-state index contributed by atoms with van der Waals surface area (Å²) < 4.78 is 43.3. The zero-order chi connectivity index (χ0) is 18.9. The van der Waals surface area contributed by atoms with Gasteiger partial charge in [0.1, 0.15) is 16.6 Å². The van der Waals surface area contributed by atoms with Gasteiger partial charge in [0.05, 0.1) is 18.7 Å². The Balaban J connectivity index is 0.00000364. The summed E-state index contributed by atoms with van der Waals surface area (Å²) in [5.74, 6) is -0.422. The molecule has 0 saturated heterocycles. The van der Waals surface area contributed by atoms with E-state index in [4.69, 9.17) is 0 Å². The van der Waals surface area contributed by atoms with Gasteiger partial charge in [-0.3, -0.25) is 0 Å². The molecule has 0 saturated carbocycles. The summed E-state index contributed by atoms with van der Waals surface area (Å²) >= 11 is 1.60. The van der Waals surface area contributed by atoms with Crippen molar-refractivity contribution in [3.8, 4) is 5.75 Å². The van der Waals surface area contributed by atoms with Crippen LogP contribution in [0.2, 0.25) is 0 Å². The van der Waals surface area contributed by atoms with Crippen LogP contribution in [0, 0.1) is 5.82 Å². The number of aryl methyl sites for hydroxylation is 1. The van der Waals surface area contributed by atoms with E-state index < -0.39 is 12.4 Å². The minimum atomic E-state index is -3.02. The fraction of sp³-hybridized carbons (Fsp3) is 0.412. The van der Waals surface area contributed by atoms with E-state index in [0.29, 0.717) is 19.0 Å². The summed E-state index contributed by atoms with van der Waals surface area (Å²) in [4.78, 5) is 9.75. The van der Waals surface area contributed by atoms with E-state index in [0.717, 1.165) is 11.4 Å². The molecule has 1 aromatic heterocycles. The molecule has 0 fully saturated rings. The van der Waals surface area contributed by atoms with Crippen molar-refractivity contribution in [2.24, 2.45) is 4.99 Å². The van der Waals surface area contributed by atoms with Crippen molar-refractivity contribution >= 4 is 41.3 Å². The zero-order valence-corrected chi connectivity index (χ0v) is 18.1. The summed E-state index contributed by atoms with van der Waals surface area (Å²) in [5.41, 5.74) is -0.0208. The molecular weight excluding hydrogens is 492 g/mol. The van der Waals surface area contributed by atoms with Gasteiger partial charge in [0.15, 0.2) is 5.96 Å². The van der Waals surface area contributed by atoms with Crippen LogP contribution in [0.5, 0.6) is 5.75 Å². The van der Waals surface area contributed by atoms with Gasteiger partial charge < -0.3 is 15.4 Å². The number of aliphatic imine (C=N–C) groups is 1. The van der Waals surface area contributed by atoms with Crippen LogP contribution in [-0.2, 0) is 19.5 Å². The Morgan fingerprint density at radius 3 is 2.70 bits per heavy atom. The maximum atomic E-state index is 14.0. The summed E-state index contributed by atoms with van der Waals surface area (Å²) in [6, 6.07) is 3.80.